The van der Waals surface area contributed by atoms with E-state index in [1.54, 1.807) is 24.3 Å². The highest BCUT2D eigenvalue weighted by Gasteiger charge is 2.29. The minimum absolute atomic E-state index is 0.0521. The second-order valence-electron chi connectivity index (χ2n) is 9.99. The summed E-state index contributed by atoms with van der Waals surface area (Å²) in [4.78, 5) is 38.7. The molecule has 0 unspecified atom stereocenters. The lowest BCUT2D eigenvalue weighted by Crippen LogP contribution is -2.39. The number of morpholine rings is 1. The van der Waals surface area contributed by atoms with Crippen molar-refractivity contribution in [1.82, 2.24) is 24.6 Å². The van der Waals surface area contributed by atoms with Crippen molar-refractivity contribution in [3.05, 3.63) is 65.3 Å². The van der Waals surface area contributed by atoms with E-state index < -0.39 is 6.09 Å². The molecule has 11 nitrogen and oxygen atoms in total. The summed E-state index contributed by atoms with van der Waals surface area (Å²) in [5.74, 6) is 1.34. The number of aromatic nitrogens is 4. The molecule has 2 aliphatic heterocycles. The Morgan fingerprint density at radius 2 is 1.73 bits per heavy atom. The van der Waals surface area contributed by atoms with Gasteiger partial charge in [-0.25, -0.2) is 19.4 Å². The number of likely N-dealkylation sites (tertiary alicyclic amines) is 1. The van der Waals surface area contributed by atoms with E-state index in [1.165, 1.54) is 7.11 Å². The number of methoxy groups -OCH3 is 1. The number of halogens is 1. The third kappa shape index (κ3) is 5.55. The van der Waals surface area contributed by atoms with Crippen LogP contribution in [0.1, 0.15) is 29.2 Å². The van der Waals surface area contributed by atoms with Crippen molar-refractivity contribution < 1.29 is 19.1 Å². The minimum atomic E-state index is -0.534. The molecule has 2 fully saturated rings. The molecule has 12 heteroatoms. The molecule has 0 spiro atoms. The molecular formula is C29H30ClN7O4. The van der Waals surface area contributed by atoms with Crippen LogP contribution in [-0.4, -0.2) is 83.2 Å². The Morgan fingerprint density at radius 3 is 2.44 bits per heavy atom. The van der Waals surface area contributed by atoms with E-state index in [1.807, 2.05) is 40.0 Å². The molecule has 6 rings (SSSR count). The third-order valence-corrected chi connectivity index (χ3v) is 7.85. The monoisotopic (exact) mass is 575 g/mol. The predicted molar refractivity (Wildman–Crippen MR) is 155 cm³/mol. The van der Waals surface area contributed by atoms with Gasteiger partial charge in [0.05, 0.1) is 48.5 Å². The third-order valence-electron chi connectivity index (χ3n) is 7.52. The quantitative estimate of drug-likeness (QED) is 0.366. The highest BCUT2D eigenvalue weighted by atomic mass is 35.5. The number of nitrogens with zero attached hydrogens (tertiary/aromatic N) is 6. The van der Waals surface area contributed by atoms with Crippen LogP contribution in [0.5, 0.6) is 0 Å². The predicted octanol–water partition coefficient (Wildman–Crippen LogP) is 4.64. The zero-order valence-electron chi connectivity index (χ0n) is 22.6. The number of ether oxygens (including phenoxy) is 2. The van der Waals surface area contributed by atoms with Gasteiger partial charge in [-0.15, -0.1) is 0 Å². The fourth-order valence-corrected chi connectivity index (χ4v) is 5.53. The first-order chi connectivity index (χ1) is 20.0. The molecule has 0 bridgehead atoms. The van der Waals surface area contributed by atoms with Crippen molar-refractivity contribution in [2.75, 3.05) is 56.7 Å². The average molecular weight is 576 g/mol. The van der Waals surface area contributed by atoms with E-state index in [9.17, 15) is 9.59 Å². The molecule has 41 heavy (non-hydrogen) atoms. The molecule has 0 atom stereocenters. The number of rotatable bonds is 5. The van der Waals surface area contributed by atoms with Crippen molar-refractivity contribution in [2.24, 2.45) is 0 Å². The zero-order chi connectivity index (χ0) is 28.3. The van der Waals surface area contributed by atoms with Gasteiger partial charge in [0.2, 0.25) is 0 Å². The van der Waals surface area contributed by atoms with Crippen LogP contribution in [-0.2, 0) is 9.47 Å². The molecular weight excluding hydrogens is 546 g/mol. The minimum Gasteiger partial charge on any atom is -0.453 e. The molecule has 4 heterocycles. The van der Waals surface area contributed by atoms with Crippen LogP contribution in [0.25, 0.3) is 22.4 Å². The maximum Gasteiger partial charge on any atom is 0.411 e. The van der Waals surface area contributed by atoms with Gasteiger partial charge in [-0.1, -0.05) is 23.7 Å². The largest absolute Gasteiger partial charge is 0.453 e. The van der Waals surface area contributed by atoms with E-state index in [0.717, 1.165) is 48.3 Å². The summed E-state index contributed by atoms with van der Waals surface area (Å²) < 4.78 is 12.2. The lowest BCUT2D eigenvalue weighted by molar-refractivity contribution is 0.0691. The maximum absolute atomic E-state index is 13.1. The summed E-state index contributed by atoms with van der Waals surface area (Å²) in [6.07, 6.45) is 2.79. The van der Waals surface area contributed by atoms with Crippen LogP contribution < -0.4 is 10.2 Å². The Kier molecular flexibility index (Phi) is 7.71. The van der Waals surface area contributed by atoms with E-state index >= 15 is 0 Å². The first-order valence-electron chi connectivity index (χ1n) is 13.6. The van der Waals surface area contributed by atoms with E-state index in [-0.39, 0.29) is 11.9 Å². The van der Waals surface area contributed by atoms with Crippen molar-refractivity contribution in [3.8, 4) is 11.4 Å². The topological polar surface area (TPSA) is 115 Å². The first kappa shape index (κ1) is 27.0. The molecule has 1 N–H and O–H groups in total. The summed E-state index contributed by atoms with van der Waals surface area (Å²) >= 11 is 6.28. The number of benzene rings is 2. The van der Waals surface area contributed by atoms with Crippen LogP contribution in [0.4, 0.5) is 16.3 Å². The number of nitrogens with one attached hydrogen (secondary N) is 1. The van der Waals surface area contributed by atoms with Gasteiger partial charge in [0, 0.05) is 37.4 Å². The molecule has 0 saturated carbocycles. The first-order valence-corrected chi connectivity index (χ1v) is 14.0. The number of hydrogen-bond donors (Lipinski definition) is 1. The fourth-order valence-electron chi connectivity index (χ4n) is 5.31. The second kappa shape index (κ2) is 11.7. The zero-order valence-corrected chi connectivity index (χ0v) is 23.4. The maximum atomic E-state index is 13.1. The molecule has 2 saturated heterocycles. The van der Waals surface area contributed by atoms with Gasteiger partial charge < -0.3 is 19.3 Å². The number of carbonyl (C=O) groups excluding carboxylic acids is 2. The smallest absolute Gasteiger partial charge is 0.411 e. The number of piperidine rings is 1. The summed E-state index contributed by atoms with van der Waals surface area (Å²) in [6.45, 7) is 3.89. The van der Waals surface area contributed by atoms with Crippen molar-refractivity contribution >= 4 is 46.1 Å². The Morgan fingerprint density at radius 1 is 1.00 bits per heavy atom. The summed E-state index contributed by atoms with van der Waals surface area (Å²) in [7, 11) is 1.32. The van der Waals surface area contributed by atoms with Gasteiger partial charge in [-0.3, -0.25) is 10.1 Å². The number of hydrogen-bond acceptors (Lipinski definition) is 8. The summed E-state index contributed by atoms with van der Waals surface area (Å²) in [6, 6.07) is 14.6. The van der Waals surface area contributed by atoms with Gasteiger partial charge in [0.25, 0.3) is 5.91 Å². The molecule has 0 radical (unpaired) electrons. The van der Waals surface area contributed by atoms with Crippen LogP contribution >= 0.6 is 11.6 Å². The highest BCUT2D eigenvalue weighted by Crippen LogP contribution is 2.33. The Balaban J connectivity index is 1.30. The van der Waals surface area contributed by atoms with Crippen LogP contribution in [0, 0.1) is 0 Å². The Hall–Kier alpha value is -4.22. The van der Waals surface area contributed by atoms with Gasteiger partial charge >= 0.3 is 6.09 Å². The van der Waals surface area contributed by atoms with Crippen molar-refractivity contribution in [2.45, 2.75) is 18.9 Å². The van der Waals surface area contributed by atoms with E-state index in [2.05, 4.69) is 15.0 Å². The normalized spacial score (nSPS) is 16.1. The molecule has 2 aromatic heterocycles. The molecule has 4 aromatic rings. The SMILES string of the molecule is COC(=O)Nc1ccc(-c2nc(N3CCOCC3)c3cnn(C4CCN(C(=O)c5ccccc5Cl)CC4)c3n2)cc1. The molecule has 2 aromatic carbocycles. The summed E-state index contributed by atoms with van der Waals surface area (Å²) in [5, 5.41) is 8.79. The lowest BCUT2D eigenvalue weighted by Gasteiger charge is -2.32. The summed E-state index contributed by atoms with van der Waals surface area (Å²) in [5.41, 5.74) is 2.70. The lowest BCUT2D eigenvalue weighted by atomic mass is 10.0. The molecule has 2 amide bonds. The van der Waals surface area contributed by atoms with Crippen molar-refractivity contribution in [1.29, 1.82) is 0 Å². The molecule has 0 aliphatic carbocycles. The van der Waals surface area contributed by atoms with Gasteiger partial charge in [-0.2, -0.15) is 5.10 Å². The molecule has 212 valence electrons. The number of amides is 2. The Labute approximate surface area is 242 Å². The van der Waals surface area contributed by atoms with Crippen LogP contribution in [0.2, 0.25) is 5.02 Å². The number of anilines is 2. The number of fused-ring (bicyclic) bond motifs is 1. The molecule has 2 aliphatic rings. The standard InChI is InChI=1S/C29H30ClN7O4/c1-40-29(39)32-20-8-6-19(7-9-20)25-33-26(35-14-16-41-17-15-35)23-18-31-37(27(23)34-25)21-10-12-36(13-11-21)28(38)22-4-2-3-5-24(22)30/h2-9,18,21H,10-17H2,1H3,(H,32,39). The van der Waals surface area contributed by atoms with Gasteiger partial charge in [-0.05, 0) is 49.2 Å². The van der Waals surface area contributed by atoms with E-state index in [0.29, 0.717) is 48.4 Å². The van der Waals surface area contributed by atoms with Crippen LogP contribution in [0.3, 0.4) is 0 Å². The fraction of sp³-hybridized carbons (Fsp3) is 0.345. The van der Waals surface area contributed by atoms with Gasteiger partial charge in [0.15, 0.2) is 11.5 Å². The Bertz CT molecular complexity index is 1560. The van der Waals surface area contributed by atoms with E-state index in [4.69, 9.17) is 31.4 Å². The highest BCUT2D eigenvalue weighted by molar-refractivity contribution is 6.33. The van der Waals surface area contributed by atoms with Gasteiger partial charge in [0.1, 0.15) is 5.82 Å². The number of carbonyl (C=O) groups is 2. The average Bonchev–Trinajstić information content (AvgIpc) is 3.45. The van der Waals surface area contributed by atoms with Crippen LogP contribution in [0.15, 0.2) is 54.7 Å². The second-order valence-corrected chi connectivity index (χ2v) is 10.4. The van der Waals surface area contributed by atoms with Crippen molar-refractivity contribution in [3.63, 3.8) is 0 Å².